The molecule has 0 bridgehead atoms. The molecule has 0 saturated carbocycles. The fourth-order valence-corrected chi connectivity index (χ4v) is 1.19. The number of carbonyl (C=O) groups excluding carboxylic acids is 1. The first kappa shape index (κ1) is 9.82. The van der Waals surface area contributed by atoms with Crippen LogP contribution in [0.5, 0.6) is 0 Å². The molecule has 3 heteroatoms. The fraction of sp³-hybridized carbons (Fsp3) is 0.100. The molecule has 0 saturated heterocycles. The van der Waals surface area contributed by atoms with Gasteiger partial charge in [0.2, 0.25) is 0 Å². The molecule has 0 amide bonds. The fourth-order valence-electron chi connectivity index (χ4n) is 0.825. The minimum absolute atomic E-state index is 0.242. The van der Waals surface area contributed by atoms with Gasteiger partial charge in [0.05, 0.1) is 6.42 Å². The lowest BCUT2D eigenvalue weighted by Crippen LogP contribution is -1.89. The zero-order valence-corrected chi connectivity index (χ0v) is 8.47. The van der Waals surface area contributed by atoms with Crippen molar-refractivity contribution in [3.63, 3.8) is 0 Å². The van der Waals surface area contributed by atoms with Gasteiger partial charge in [-0.05, 0) is 18.2 Å². The van der Waals surface area contributed by atoms with E-state index in [9.17, 15) is 4.79 Å². The molecule has 0 spiro atoms. The van der Waals surface area contributed by atoms with Gasteiger partial charge in [0.25, 0.3) is 0 Å². The zero-order chi connectivity index (χ0) is 9.68. The molecule has 0 unspecified atom stereocenters. The molecule has 1 aromatic carbocycles. The number of anilines is 1. The van der Waals surface area contributed by atoms with E-state index in [0.717, 1.165) is 16.3 Å². The Bertz CT molecular complexity index is 376. The maximum Gasteiger partial charge on any atom is 0.131 e. The number of carbonyl (C=O) groups is 1. The van der Waals surface area contributed by atoms with Crippen LogP contribution in [0.4, 0.5) is 5.69 Å². The Labute approximate surface area is 85.3 Å². The van der Waals surface area contributed by atoms with E-state index >= 15 is 0 Å². The van der Waals surface area contributed by atoms with Crippen LogP contribution in [0.3, 0.4) is 0 Å². The van der Waals surface area contributed by atoms with E-state index in [4.69, 9.17) is 5.73 Å². The number of hydrogen-bond acceptors (Lipinski definition) is 2. The molecular formula is C10H8BrNO. The lowest BCUT2D eigenvalue weighted by Gasteiger charge is -1.97. The summed E-state index contributed by atoms with van der Waals surface area (Å²) in [5.74, 6) is 5.52. The summed E-state index contributed by atoms with van der Waals surface area (Å²) in [7, 11) is 0. The van der Waals surface area contributed by atoms with Crippen LogP contribution < -0.4 is 5.73 Å². The van der Waals surface area contributed by atoms with Crippen LogP contribution in [0, 0.1) is 11.8 Å². The number of aldehydes is 1. The van der Waals surface area contributed by atoms with Gasteiger partial charge in [-0.15, -0.1) is 0 Å². The highest BCUT2D eigenvalue weighted by Crippen LogP contribution is 2.17. The quantitative estimate of drug-likeness (QED) is 0.461. The monoisotopic (exact) mass is 237 g/mol. The standard InChI is InChI=1S/C10H8BrNO/c11-9-4-5-10(12)8(7-9)3-1-2-6-13/h4-7H,2,12H2. The summed E-state index contributed by atoms with van der Waals surface area (Å²) in [4.78, 5) is 10.0. The SMILES string of the molecule is Nc1ccc(Br)cc1C#CCC=O. The molecule has 66 valence electrons. The highest BCUT2D eigenvalue weighted by atomic mass is 79.9. The molecule has 2 N–H and O–H groups in total. The Morgan fingerprint density at radius 3 is 3.00 bits per heavy atom. The summed E-state index contributed by atoms with van der Waals surface area (Å²) in [5, 5.41) is 0. The van der Waals surface area contributed by atoms with Crippen molar-refractivity contribution in [1.29, 1.82) is 0 Å². The van der Waals surface area contributed by atoms with E-state index in [2.05, 4.69) is 27.8 Å². The highest BCUT2D eigenvalue weighted by Gasteiger charge is 1.94. The second kappa shape index (κ2) is 4.68. The first-order valence-electron chi connectivity index (χ1n) is 3.71. The van der Waals surface area contributed by atoms with E-state index in [1.807, 2.05) is 12.1 Å². The van der Waals surface area contributed by atoms with Crippen LogP contribution >= 0.6 is 15.9 Å². The second-order valence-corrected chi connectivity index (χ2v) is 3.32. The Morgan fingerprint density at radius 2 is 2.31 bits per heavy atom. The van der Waals surface area contributed by atoms with Gasteiger partial charge >= 0.3 is 0 Å². The average molecular weight is 238 g/mol. The summed E-state index contributed by atoms with van der Waals surface area (Å²) in [6.07, 6.45) is 1.01. The summed E-state index contributed by atoms with van der Waals surface area (Å²) < 4.78 is 0.928. The molecule has 0 fully saturated rings. The topological polar surface area (TPSA) is 43.1 Å². The summed E-state index contributed by atoms with van der Waals surface area (Å²) in [6, 6.07) is 5.45. The number of nitrogen functional groups attached to an aromatic ring is 1. The Hall–Kier alpha value is -1.27. The lowest BCUT2D eigenvalue weighted by atomic mass is 10.2. The Morgan fingerprint density at radius 1 is 1.54 bits per heavy atom. The molecule has 2 nitrogen and oxygen atoms in total. The first-order valence-corrected chi connectivity index (χ1v) is 4.51. The number of halogens is 1. The van der Waals surface area contributed by atoms with Gasteiger partial charge in [-0.1, -0.05) is 27.8 Å². The van der Waals surface area contributed by atoms with Crippen LogP contribution in [-0.4, -0.2) is 6.29 Å². The van der Waals surface area contributed by atoms with Gasteiger partial charge in [0.15, 0.2) is 0 Å². The maximum absolute atomic E-state index is 10.0. The largest absolute Gasteiger partial charge is 0.398 e. The van der Waals surface area contributed by atoms with Gasteiger partial charge in [-0.3, -0.25) is 0 Å². The minimum Gasteiger partial charge on any atom is -0.398 e. The third kappa shape index (κ3) is 2.92. The molecule has 1 aromatic rings. The van der Waals surface area contributed by atoms with Crippen molar-refractivity contribution in [2.24, 2.45) is 0 Å². The molecule has 0 aromatic heterocycles. The lowest BCUT2D eigenvalue weighted by molar-refractivity contribution is -0.107. The molecule has 0 heterocycles. The van der Waals surface area contributed by atoms with Gasteiger partial charge in [-0.25, -0.2) is 0 Å². The number of rotatable bonds is 1. The van der Waals surface area contributed by atoms with Gasteiger partial charge in [0, 0.05) is 15.7 Å². The van der Waals surface area contributed by atoms with Crippen molar-refractivity contribution in [3.05, 3.63) is 28.2 Å². The predicted octanol–water partition coefficient (Wildman–Crippen LogP) is 1.97. The third-order valence-corrected chi connectivity index (χ3v) is 1.92. The van der Waals surface area contributed by atoms with E-state index in [1.165, 1.54) is 0 Å². The number of benzene rings is 1. The smallest absolute Gasteiger partial charge is 0.131 e. The van der Waals surface area contributed by atoms with E-state index in [0.29, 0.717) is 5.69 Å². The zero-order valence-electron chi connectivity index (χ0n) is 6.88. The van der Waals surface area contributed by atoms with Crippen LogP contribution in [0.2, 0.25) is 0 Å². The number of hydrogen-bond donors (Lipinski definition) is 1. The van der Waals surface area contributed by atoms with Gasteiger partial charge < -0.3 is 10.5 Å². The molecule has 1 rings (SSSR count). The van der Waals surface area contributed by atoms with Crippen LogP contribution in [-0.2, 0) is 4.79 Å². The van der Waals surface area contributed by atoms with Crippen molar-refractivity contribution in [3.8, 4) is 11.8 Å². The first-order chi connectivity index (χ1) is 6.24. The van der Waals surface area contributed by atoms with E-state index in [1.54, 1.807) is 6.07 Å². The van der Waals surface area contributed by atoms with Crippen molar-refractivity contribution in [1.82, 2.24) is 0 Å². The maximum atomic E-state index is 10.0. The van der Waals surface area contributed by atoms with E-state index in [-0.39, 0.29) is 6.42 Å². The predicted molar refractivity (Wildman–Crippen MR) is 56.1 cm³/mol. The Balaban J connectivity index is 2.95. The molecular weight excluding hydrogens is 230 g/mol. The normalized spacial score (nSPS) is 8.69. The van der Waals surface area contributed by atoms with Gasteiger partial charge in [0.1, 0.15) is 6.29 Å². The molecule has 0 radical (unpaired) electrons. The van der Waals surface area contributed by atoms with Crippen LogP contribution in [0.25, 0.3) is 0 Å². The second-order valence-electron chi connectivity index (χ2n) is 2.40. The summed E-state index contributed by atoms with van der Waals surface area (Å²) >= 11 is 3.31. The van der Waals surface area contributed by atoms with Crippen molar-refractivity contribution in [2.75, 3.05) is 5.73 Å². The molecule has 0 aliphatic carbocycles. The Kier molecular flexibility index (Phi) is 3.53. The molecule has 0 aliphatic heterocycles. The van der Waals surface area contributed by atoms with Crippen molar-refractivity contribution in [2.45, 2.75) is 6.42 Å². The van der Waals surface area contributed by atoms with Gasteiger partial charge in [-0.2, -0.15) is 0 Å². The number of nitrogens with two attached hydrogens (primary N) is 1. The van der Waals surface area contributed by atoms with Crippen molar-refractivity contribution >= 4 is 27.9 Å². The van der Waals surface area contributed by atoms with Crippen molar-refractivity contribution < 1.29 is 4.79 Å². The summed E-state index contributed by atoms with van der Waals surface area (Å²) in [5.41, 5.74) is 7.03. The van der Waals surface area contributed by atoms with Crippen LogP contribution in [0.15, 0.2) is 22.7 Å². The highest BCUT2D eigenvalue weighted by molar-refractivity contribution is 9.10. The molecule has 0 aliphatic rings. The average Bonchev–Trinajstić information content (AvgIpc) is 2.11. The van der Waals surface area contributed by atoms with Crippen LogP contribution in [0.1, 0.15) is 12.0 Å². The molecule has 0 atom stereocenters. The van der Waals surface area contributed by atoms with E-state index < -0.39 is 0 Å². The third-order valence-electron chi connectivity index (χ3n) is 1.42. The minimum atomic E-state index is 0.242. The molecule has 13 heavy (non-hydrogen) atoms. The summed E-state index contributed by atoms with van der Waals surface area (Å²) in [6.45, 7) is 0.